The van der Waals surface area contributed by atoms with E-state index in [9.17, 15) is 15.0 Å². The molecule has 1 spiro atoms. The number of carboxylic acids is 1. The molecule has 2 fully saturated rings. The Morgan fingerprint density at radius 1 is 1.31 bits per heavy atom. The normalized spacial score (nSPS) is 29.0. The minimum Gasteiger partial charge on any atom is -0.504 e. The van der Waals surface area contributed by atoms with Crippen molar-refractivity contribution in [2.24, 2.45) is 5.92 Å². The van der Waals surface area contributed by atoms with Crippen LogP contribution in [0.1, 0.15) is 36.0 Å². The molecule has 10 heteroatoms. The number of aromatic hydroxyl groups is 1. The number of hydrogen-bond acceptors (Lipinski definition) is 6. The standard InChI is InChI=1S/C29H33N3O5.2ClH/c1-32-10-9-29-18-7-8-20(31-21(28(34)35)11-15-14-30-19-6-4-3-5-16(15)19)27(29)37-26-23(33)13-24(36-2)17(25(26)29)12-22(18)32;;/h3-6,13-14,18,20-22,27,30-31,33H,7-12H2,1-2H3,(H,34,35);2*1H/t18-,20+,21-,22+,27-,29-;;/m0../s1. The Bertz CT molecular complexity index is 1410. The number of halogens is 2. The molecule has 3 heterocycles. The van der Waals surface area contributed by atoms with Crippen LogP contribution in [0.25, 0.3) is 10.9 Å². The second kappa shape index (κ2) is 10.1. The Labute approximate surface area is 239 Å². The summed E-state index contributed by atoms with van der Waals surface area (Å²) < 4.78 is 12.4. The number of hydrogen-bond donors (Lipinski definition) is 4. The van der Waals surface area contributed by atoms with Gasteiger partial charge in [0, 0.05) is 58.2 Å². The predicted molar refractivity (Wildman–Crippen MR) is 153 cm³/mol. The van der Waals surface area contributed by atoms with Crippen molar-refractivity contribution in [3.05, 3.63) is 53.2 Å². The van der Waals surface area contributed by atoms with Gasteiger partial charge in [-0.25, -0.2) is 0 Å². The minimum absolute atomic E-state index is 0. The van der Waals surface area contributed by atoms with Crippen LogP contribution in [0, 0.1) is 5.92 Å². The van der Waals surface area contributed by atoms with E-state index in [1.54, 1.807) is 13.2 Å². The van der Waals surface area contributed by atoms with Crippen molar-refractivity contribution in [3.63, 3.8) is 0 Å². The molecule has 2 bridgehead atoms. The zero-order valence-electron chi connectivity index (χ0n) is 22.0. The zero-order valence-corrected chi connectivity index (χ0v) is 23.6. The van der Waals surface area contributed by atoms with Gasteiger partial charge < -0.3 is 29.6 Å². The third-order valence-corrected chi connectivity index (χ3v) is 9.71. The molecule has 2 aliphatic heterocycles. The molecule has 8 nitrogen and oxygen atoms in total. The summed E-state index contributed by atoms with van der Waals surface area (Å²) in [4.78, 5) is 18.2. The highest BCUT2D eigenvalue weighted by atomic mass is 35.5. The molecule has 1 aromatic heterocycles. The summed E-state index contributed by atoms with van der Waals surface area (Å²) in [6.07, 6.45) is 5.67. The van der Waals surface area contributed by atoms with Crippen LogP contribution in [0.3, 0.4) is 0 Å². The Morgan fingerprint density at radius 3 is 2.87 bits per heavy atom. The Kier molecular flexibility index (Phi) is 7.21. The van der Waals surface area contributed by atoms with Crippen molar-refractivity contribution in [3.8, 4) is 17.2 Å². The summed E-state index contributed by atoms with van der Waals surface area (Å²) in [7, 11) is 3.86. The Hall–Kier alpha value is -2.65. The van der Waals surface area contributed by atoms with Crippen LogP contribution < -0.4 is 14.8 Å². The van der Waals surface area contributed by atoms with Gasteiger partial charge in [0.25, 0.3) is 0 Å². The highest BCUT2D eigenvalue weighted by molar-refractivity contribution is 5.86. The predicted octanol–water partition coefficient (Wildman–Crippen LogP) is 4.05. The molecule has 3 aromatic rings. The number of piperidine rings is 1. The SMILES string of the molecule is COc1cc(O)c2c3c1C[C@@H]1[C@@H]4CC[C@@H](N[C@@H](Cc5c[nH]c6ccccc56)C(=O)O)[C@H](O2)[C@]34CCN1C.Cl.Cl. The monoisotopic (exact) mass is 575 g/mol. The molecule has 39 heavy (non-hydrogen) atoms. The highest BCUT2D eigenvalue weighted by Crippen LogP contribution is 2.65. The Balaban J connectivity index is 0.00000154. The quantitative estimate of drug-likeness (QED) is 0.351. The third-order valence-electron chi connectivity index (χ3n) is 9.71. The number of phenols is 1. The average molecular weight is 577 g/mol. The number of benzene rings is 2. The van der Waals surface area contributed by atoms with Gasteiger partial charge in [-0.2, -0.15) is 0 Å². The molecule has 2 aliphatic carbocycles. The van der Waals surface area contributed by atoms with E-state index in [-0.39, 0.29) is 48.1 Å². The van der Waals surface area contributed by atoms with E-state index < -0.39 is 12.0 Å². The second-order valence-electron chi connectivity index (χ2n) is 11.3. The van der Waals surface area contributed by atoms with Crippen molar-refractivity contribution in [2.45, 2.75) is 61.7 Å². The molecule has 0 amide bonds. The van der Waals surface area contributed by atoms with Crippen LogP contribution >= 0.6 is 24.8 Å². The molecule has 210 valence electrons. The van der Waals surface area contributed by atoms with Crippen molar-refractivity contribution in [1.82, 2.24) is 15.2 Å². The van der Waals surface area contributed by atoms with Crippen LogP contribution in [0.2, 0.25) is 0 Å². The highest BCUT2D eigenvalue weighted by Gasteiger charge is 2.66. The van der Waals surface area contributed by atoms with Crippen LogP contribution in [0.4, 0.5) is 0 Å². The van der Waals surface area contributed by atoms with Crippen LogP contribution in [0.5, 0.6) is 17.2 Å². The first-order valence-corrected chi connectivity index (χ1v) is 13.3. The van der Waals surface area contributed by atoms with Gasteiger partial charge in [-0.05, 0) is 56.8 Å². The molecule has 4 aliphatic rings. The summed E-state index contributed by atoms with van der Waals surface area (Å²) >= 11 is 0. The minimum atomic E-state index is -0.865. The molecule has 2 aromatic carbocycles. The van der Waals surface area contributed by atoms with E-state index in [1.165, 1.54) is 0 Å². The van der Waals surface area contributed by atoms with Gasteiger partial charge in [0.1, 0.15) is 17.9 Å². The number of methoxy groups -OCH3 is 1. The fraction of sp³-hybridized carbons (Fsp3) is 0.483. The smallest absolute Gasteiger partial charge is 0.321 e. The zero-order chi connectivity index (χ0) is 25.5. The number of aromatic nitrogens is 1. The number of aliphatic carboxylic acids is 1. The molecular weight excluding hydrogens is 541 g/mol. The van der Waals surface area contributed by atoms with E-state index in [0.29, 0.717) is 24.1 Å². The fourth-order valence-electron chi connectivity index (χ4n) is 8.14. The topological polar surface area (TPSA) is 107 Å². The van der Waals surface area contributed by atoms with Crippen LogP contribution in [-0.2, 0) is 23.1 Å². The lowest BCUT2D eigenvalue weighted by atomic mass is 9.51. The Morgan fingerprint density at radius 2 is 2.10 bits per heavy atom. The maximum Gasteiger partial charge on any atom is 0.321 e. The number of likely N-dealkylation sites (N-methyl/N-ethyl adjacent to an activating group) is 1. The van der Waals surface area contributed by atoms with Gasteiger partial charge in [0.05, 0.1) is 7.11 Å². The first-order chi connectivity index (χ1) is 17.9. The van der Waals surface area contributed by atoms with E-state index in [0.717, 1.165) is 65.6 Å². The van der Waals surface area contributed by atoms with E-state index in [4.69, 9.17) is 9.47 Å². The number of H-pyrrole nitrogens is 1. The number of ether oxygens (including phenoxy) is 2. The summed E-state index contributed by atoms with van der Waals surface area (Å²) in [6.45, 7) is 0.947. The molecule has 0 radical (unpaired) electrons. The third kappa shape index (κ3) is 3.90. The molecule has 7 rings (SSSR count). The first kappa shape index (κ1) is 27.9. The lowest BCUT2D eigenvalue weighted by Gasteiger charge is -2.59. The summed E-state index contributed by atoms with van der Waals surface area (Å²) in [5.74, 6) is 0.937. The fourth-order valence-corrected chi connectivity index (χ4v) is 8.14. The van der Waals surface area contributed by atoms with Crippen molar-refractivity contribution >= 4 is 41.7 Å². The second-order valence-corrected chi connectivity index (χ2v) is 11.3. The lowest BCUT2D eigenvalue weighted by molar-refractivity contribution is -0.140. The number of carbonyl (C=O) groups is 1. The molecule has 1 saturated heterocycles. The molecule has 4 N–H and O–H groups in total. The molecular formula is C29H35Cl2N3O5. The van der Waals surface area contributed by atoms with Gasteiger partial charge in [-0.1, -0.05) is 18.2 Å². The summed E-state index contributed by atoms with van der Waals surface area (Å²) in [5.41, 5.74) is 3.98. The van der Waals surface area contributed by atoms with Gasteiger partial charge in [0.2, 0.25) is 0 Å². The molecule has 6 atom stereocenters. The number of nitrogens with zero attached hydrogens (tertiary/aromatic N) is 1. The number of fused-ring (bicyclic) bond motifs is 1. The number of para-hydroxylation sites is 1. The molecule has 1 saturated carbocycles. The maximum atomic E-state index is 12.5. The van der Waals surface area contributed by atoms with Crippen molar-refractivity contribution in [2.75, 3.05) is 20.7 Å². The average Bonchev–Trinajstić information content (AvgIpc) is 3.46. The van der Waals surface area contributed by atoms with Crippen molar-refractivity contribution < 1.29 is 24.5 Å². The summed E-state index contributed by atoms with van der Waals surface area (Å²) in [6, 6.07) is 9.14. The number of rotatable bonds is 6. The number of nitrogens with one attached hydrogen (secondary N) is 2. The number of likely N-dealkylation sites (tertiary alicyclic amines) is 1. The van der Waals surface area contributed by atoms with Crippen molar-refractivity contribution in [1.29, 1.82) is 0 Å². The summed E-state index contributed by atoms with van der Waals surface area (Å²) in [5, 5.41) is 25.8. The van der Waals surface area contributed by atoms with Gasteiger partial charge in [-0.15, -0.1) is 24.8 Å². The van der Waals surface area contributed by atoms with Gasteiger partial charge in [-0.3, -0.25) is 10.1 Å². The number of phenolic OH excluding ortho intramolecular Hbond substituents is 1. The number of carboxylic acid groups (broad SMARTS) is 1. The first-order valence-electron chi connectivity index (χ1n) is 13.3. The van der Waals surface area contributed by atoms with E-state index >= 15 is 0 Å². The van der Waals surface area contributed by atoms with Crippen LogP contribution in [-0.4, -0.2) is 71.0 Å². The van der Waals surface area contributed by atoms with Gasteiger partial charge in [0.15, 0.2) is 11.5 Å². The largest absolute Gasteiger partial charge is 0.504 e. The van der Waals surface area contributed by atoms with E-state index in [2.05, 4.69) is 22.2 Å². The lowest BCUT2D eigenvalue weighted by Crippen LogP contribution is -2.69. The molecule has 0 unspecified atom stereocenters. The maximum absolute atomic E-state index is 12.5. The van der Waals surface area contributed by atoms with Gasteiger partial charge >= 0.3 is 5.97 Å². The number of aromatic amines is 1. The van der Waals surface area contributed by atoms with Crippen LogP contribution in [0.15, 0.2) is 36.5 Å². The van der Waals surface area contributed by atoms with E-state index in [1.807, 2.05) is 30.5 Å².